The van der Waals surface area contributed by atoms with Crippen molar-refractivity contribution in [1.82, 2.24) is 4.90 Å². The summed E-state index contributed by atoms with van der Waals surface area (Å²) in [4.78, 5) is 20.3. The number of piperazine rings is 1. The highest BCUT2D eigenvalue weighted by Crippen LogP contribution is 2.29. The van der Waals surface area contributed by atoms with E-state index in [4.69, 9.17) is 0 Å². The van der Waals surface area contributed by atoms with Crippen molar-refractivity contribution in [3.8, 4) is 12.1 Å². The lowest BCUT2D eigenvalue weighted by molar-refractivity contribution is 0.0746. The highest BCUT2D eigenvalue weighted by atomic mass is 16.2. The third-order valence-corrected chi connectivity index (χ3v) is 8.54. The SMILES string of the molecule is Cc1cc(C)c(C(=O)N2CCN(c3ccccc3C#N)CC2)cc1CC1CCCN(c2cccc(C#N)c2)CC1. The smallest absolute Gasteiger partial charge is 0.254 e. The number of aryl methyl sites for hydroxylation is 2. The summed E-state index contributed by atoms with van der Waals surface area (Å²) in [5.41, 5.74) is 7.86. The number of benzene rings is 3. The predicted octanol–water partition coefficient (Wildman–Crippen LogP) is 5.86. The number of anilines is 2. The summed E-state index contributed by atoms with van der Waals surface area (Å²) in [6.45, 7) is 8.93. The van der Waals surface area contributed by atoms with E-state index in [1.165, 1.54) is 11.1 Å². The maximum Gasteiger partial charge on any atom is 0.254 e. The average molecular weight is 532 g/mol. The van der Waals surface area contributed by atoms with Gasteiger partial charge in [0.05, 0.1) is 22.9 Å². The third-order valence-electron chi connectivity index (χ3n) is 8.54. The summed E-state index contributed by atoms with van der Waals surface area (Å²) in [7, 11) is 0. The van der Waals surface area contributed by atoms with Gasteiger partial charge in [-0.15, -0.1) is 0 Å². The molecule has 0 aromatic heterocycles. The molecule has 5 rings (SSSR count). The third kappa shape index (κ3) is 5.97. The van der Waals surface area contributed by atoms with Gasteiger partial charge in [-0.2, -0.15) is 10.5 Å². The molecule has 2 fully saturated rings. The van der Waals surface area contributed by atoms with Crippen molar-refractivity contribution in [2.75, 3.05) is 49.1 Å². The van der Waals surface area contributed by atoms with Crippen molar-refractivity contribution in [3.05, 3.63) is 94.0 Å². The lowest BCUT2D eigenvalue weighted by atomic mass is 9.88. The minimum atomic E-state index is 0.108. The van der Waals surface area contributed by atoms with Gasteiger partial charge in [-0.05, 0) is 98.5 Å². The Kier molecular flexibility index (Phi) is 8.37. The van der Waals surface area contributed by atoms with E-state index in [0.29, 0.717) is 30.1 Å². The van der Waals surface area contributed by atoms with Crippen LogP contribution in [0.25, 0.3) is 0 Å². The number of nitrogens with zero attached hydrogens (tertiary/aromatic N) is 5. The van der Waals surface area contributed by atoms with E-state index < -0.39 is 0 Å². The zero-order valence-corrected chi connectivity index (χ0v) is 23.6. The van der Waals surface area contributed by atoms with E-state index >= 15 is 0 Å². The largest absolute Gasteiger partial charge is 0.371 e. The Balaban J connectivity index is 1.24. The zero-order chi connectivity index (χ0) is 28.1. The number of rotatable bonds is 5. The molecule has 2 aliphatic heterocycles. The molecule has 3 aromatic rings. The van der Waals surface area contributed by atoms with Crippen LogP contribution in [0.3, 0.4) is 0 Å². The van der Waals surface area contributed by atoms with Crippen LogP contribution in [0.1, 0.15) is 57.4 Å². The van der Waals surface area contributed by atoms with Crippen molar-refractivity contribution in [1.29, 1.82) is 10.5 Å². The van der Waals surface area contributed by atoms with Crippen molar-refractivity contribution >= 4 is 17.3 Å². The number of hydrogen-bond donors (Lipinski definition) is 0. The van der Waals surface area contributed by atoms with Gasteiger partial charge in [-0.3, -0.25) is 4.79 Å². The van der Waals surface area contributed by atoms with Gasteiger partial charge in [0.1, 0.15) is 6.07 Å². The molecule has 0 bridgehead atoms. The number of para-hydroxylation sites is 1. The summed E-state index contributed by atoms with van der Waals surface area (Å²) < 4.78 is 0. The first-order valence-electron chi connectivity index (χ1n) is 14.4. The van der Waals surface area contributed by atoms with Gasteiger partial charge in [-0.1, -0.05) is 24.3 Å². The lowest BCUT2D eigenvalue weighted by Crippen LogP contribution is -2.49. The van der Waals surface area contributed by atoms with Crippen molar-refractivity contribution in [3.63, 3.8) is 0 Å². The van der Waals surface area contributed by atoms with Gasteiger partial charge in [0.25, 0.3) is 5.91 Å². The fourth-order valence-corrected chi connectivity index (χ4v) is 6.22. The van der Waals surface area contributed by atoms with Crippen LogP contribution in [0.15, 0.2) is 60.7 Å². The quantitative estimate of drug-likeness (QED) is 0.412. The second kappa shape index (κ2) is 12.3. The Bertz CT molecular complexity index is 1460. The summed E-state index contributed by atoms with van der Waals surface area (Å²) >= 11 is 0. The van der Waals surface area contributed by atoms with Gasteiger partial charge >= 0.3 is 0 Å². The lowest BCUT2D eigenvalue weighted by Gasteiger charge is -2.36. The Morgan fingerprint density at radius 2 is 1.62 bits per heavy atom. The monoisotopic (exact) mass is 531 g/mol. The van der Waals surface area contributed by atoms with Crippen LogP contribution in [0, 0.1) is 42.4 Å². The number of hydrogen-bond acceptors (Lipinski definition) is 5. The molecule has 0 aliphatic carbocycles. The first kappa shape index (κ1) is 27.3. The molecule has 6 nitrogen and oxygen atoms in total. The van der Waals surface area contributed by atoms with Crippen molar-refractivity contribution in [2.45, 2.75) is 39.5 Å². The van der Waals surface area contributed by atoms with Crippen LogP contribution >= 0.6 is 0 Å². The number of carbonyl (C=O) groups is 1. The molecular weight excluding hydrogens is 494 g/mol. The maximum absolute atomic E-state index is 13.7. The minimum Gasteiger partial charge on any atom is -0.371 e. The van der Waals surface area contributed by atoms with E-state index in [1.807, 2.05) is 54.3 Å². The van der Waals surface area contributed by atoms with E-state index in [1.54, 1.807) is 0 Å². The summed E-state index contributed by atoms with van der Waals surface area (Å²) in [5.74, 6) is 0.675. The van der Waals surface area contributed by atoms with Gasteiger partial charge in [0.15, 0.2) is 0 Å². The standard InChI is InChI=1S/C34H37N5O/c1-25-19-26(2)32(34(40)39-17-15-38(16-18-39)33-11-4-3-9-29(33)24-36)22-30(25)20-27-8-6-13-37(14-12-27)31-10-5-7-28(21-31)23-35/h3-5,7,9-11,19,21-22,27H,6,8,12-18,20H2,1-2H3. The fraction of sp³-hybridized carbons (Fsp3) is 0.382. The Hall–Kier alpha value is -4.29. The molecule has 1 atom stereocenters. The minimum absolute atomic E-state index is 0.108. The number of carbonyl (C=O) groups excluding carboxylic acids is 1. The van der Waals surface area contributed by atoms with Gasteiger partial charge < -0.3 is 14.7 Å². The first-order chi connectivity index (χ1) is 19.5. The molecule has 204 valence electrons. The molecule has 2 heterocycles. The first-order valence-corrected chi connectivity index (χ1v) is 14.4. The molecule has 6 heteroatoms. The van der Waals surface area contributed by atoms with Crippen molar-refractivity contribution in [2.24, 2.45) is 5.92 Å². The fourth-order valence-electron chi connectivity index (χ4n) is 6.22. The zero-order valence-electron chi connectivity index (χ0n) is 23.6. The summed E-state index contributed by atoms with van der Waals surface area (Å²) in [6, 6.07) is 24.5. The molecule has 0 radical (unpaired) electrons. The average Bonchev–Trinajstić information content (AvgIpc) is 3.24. The van der Waals surface area contributed by atoms with Gasteiger partial charge in [0.2, 0.25) is 0 Å². The summed E-state index contributed by atoms with van der Waals surface area (Å²) in [5, 5.41) is 18.8. The van der Waals surface area contributed by atoms with Crippen LogP contribution in [-0.2, 0) is 6.42 Å². The van der Waals surface area contributed by atoms with Gasteiger partial charge in [0, 0.05) is 50.5 Å². The van der Waals surface area contributed by atoms with Crippen LogP contribution in [0.2, 0.25) is 0 Å². The predicted molar refractivity (Wildman–Crippen MR) is 160 cm³/mol. The second-order valence-corrected chi connectivity index (χ2v) is 11.2. The van der Waals surface area contributed by atoms with E-state index in [0.717, 1.165) is 74.4 Å². The Labute approximate surface area is 238 Å². The van der Waals surface area contributed by atoms with Crippen molar-refractivity contribution < 1.29 is 4.79 Å². The Morgan fingerprint density at radius 3 is 2.40 bits per heavy atom. The maximum atomic E-state index is 13.7. The normalized spacial score (nSPS) is 17.6. The Morgan fingerprint density at radius 1 is 0.825 bits per heavy atom. The highest BCUT2D eigenvalue weighted by Gasteiger charge is 2.26. The molecule has 1 amide bonds. The van der Waals surface area contributed by atoms with Gasteiger partial charge in [-0.25, -0.2) is 0 Å². The van der Waals surface area contributed by atoms with Crippen LogP contribution in [-0.4, -0.2) is 50.1 Å². The van der Waals surface area contributed by atoms with E-state index in [9.17, 15) is 15.3 Å². The molecule has 2 saturated heterocycles. The molecule has 3 aromatic carbocycles. The molecule has 0 saturated carbocycles. The number of nitriles is 2. The highest BCUT2D eigenvalue weighted by molar-refractivity contribution is 5.96. The van der Waals surface area contributed by atoms with Crippen LogP contribution in [0.4, 0.5) is 11.4 Å². The molecule has 2 aliphatic rings. The van der Waals surface area contributed by atoms with Crippen LogP contribution < -0.4 is 9.80 Å². The molecule has 1 unspecified atom stereocenters. The molecule has 0 N–H and O–H groups in total. The van der Waals surface area contributed by atoms with Crippen LogP contribution in [0.5, 0.6) is 0 Å². The molecule has 40 heavy (non-hydrogen) atoms. The topological polar surface area (TPSA) is 74.4 Å². The second-order valence-electron chi connectivity index (χ2n) is 11.2. The molecule has 0 spiro atoms. The number of amides is 1. The summed E-state index contributed by atoms with van der Waals surface area (Å²) in [6.07, 6.45) is 4.37. The molecular formula is C34H37N5O. The van der Waals surface area contributed by atoms with E-state index in [2.05, 4.69) is 47.1 Å². The van der Waals surface area contributed by atoms with E-state index in [-0.39, 0.29) is 5.91 Å².